The molecule has 7 nitrogen and oxygen atoms in total. The van der Waals surface area contributed by atoms with Gasteiger partial charge in [-0.15, -0.1) is 0 Å². The molecule has 1 aromatic heterocycles. The summed E-state index contributed by atoms with van der Waals surface area (Å²) in [5.41, 5.74) is 6.88. The number of thiocarbonyl (C=S) groups is 1. The molecule has 172 valence electrons. The number of anilines is 1. The maximum Gasteiger partial charge on any atom is 0.354 e. The predicted octanol–water partition coefficient (Wildman–Crippen LogP) is 4.12. The molecule has 0 radical (unpaired) electrons. The number of nitrogens with one attached hydrogen (secondary N) is 2. The third-order valence-electron chi connectivity index (χ3n) is 5.65. The van der Waals surface area contributed by atoms with Crippen LogP contribution in [0.4, 0.5) is 5.95 Å². The Morgan fingerprint density at radius 3 is 2.55 bits per heavy atom. The summed E-state index contributed by atoms with van der Waals surface area (Å²) in [6.45, 7) is 9.64. The van der Waals surface area contributed by atoms with E-state index < -0.39 is 0 Å². The van der Waals surface area contributed by atoms with Crippen molar-refractivity contribution in [2.75, 3.05) is 11.9 Å². The molecule has 4 rings (SSSR count). The van der Waals surface area contributed by atoms with Crippen molar-refractivity contribution in [2.45, 2.75) is 53.2 Å². The van der Waals surface area contributed by atoms with Gasteiger partial charge in [0.25, 0.3) is 5.96 Å². The Morgan fingerprint density at radius 1 is 1.15 bits per heavy atom. The molecule has 2 N–H and O–H groups in total. The molecule has 1 aliphatic rings. The van der Waals surface area contributed by atoms with Gasteiger partial charge < -0.3 is 0 Å². The van der Waals surface area contributed by atoms with Crippen molar-refractivity contribution in [1.29, 1.82) is 0 Å². The lowest BCUT2D eigenvalue weighted by atomic mass is 10.1. The number of aryl methyl sites for hydroxylation is 2. The van der Waals surface area contributed by atoms with Crippen molar-refractivity contribution < 1.29 is 4.57 Å². The number of rotatable bonds is 7. The highest BCUT2D eigenvalue weighted by Gasteiger charge is 2.42. The minimum Gasteiger partial charge on any atom is -0.285 e. The van der Waals surface area contributed by atoms with E-state index in [1.54, 1.807) is 0 Å². The molecule has 2 heterocycles. The van der Waals surface area contributed by atoms with Crippen LogP contribution in [0.3, 0.4) is 0 Å². The molecule has 8 heteroatoms. The van der Waals surface area contributed by atoms with E-state index in [0.717, 1.165) is 49.2 Å². The van der Waals surface area contributed by atoms with Crippen LogP contribution in [0.2, 0.25) is 0 Å². The Balaban J connectivity index is 1.85. The summed E-state index contributed by atoms with van der Waals surface area (Å²) in [7, 11) is 0. The summed E-state index contributed by atoms with van der Waals surface area (Å²) in [5, 5.41) is 10.5. The van der Waals surface area contributed by atoms with Crippen LogP contribution in [-0.2, 0) is 6.54 Å². The summed E-state index contributed by atoms with van der Waals surface area (Å²) in [6, 6.07) is 19.0. The van der Waals surface area contributed by atoms with Crippen molar-refractivity contribution in [3.8, 4) is 0 Å². The molecular formula is C25H32N7S+. The first kappa shape index (κ1) is 22.9. The molecule has 3 aromatic rings. The van der Waals surface area contributed by atoms with Crippen LogP contribution < -0.4 is 15.3 Å². The second-order valence-corrected chi connectivity index (χ2v) is 9.01. The Morgan fingerprint density at radius 2 is 1.88 bits per heavy atom. The lowest BCUT2D eigenvalue weighted by Gasteiger charge is -2.35. The summed E-state index contributed by atoms with van der Waals surface area (Å²) >= 11 is 5.43. The summed E-state index contributed by atoms with van der Waals surface area (Å²) in [5.74, 6) is 2.57. The zero-order chi connectivity index (χ0) is 23.4. The number of benzene rings is 2. The maximum absolute atomic E-state index is 5.43. The third kappa shape index (κ3) is 5.06. The number of aliphatic imine (C=N–C) groups is 1. The van der Waals surface area contributed by atoms with E-state index in [1.165, 1.54) is 11.1 Å². The fourth-order valence-corrected chi connectivity index (χ4v) is 4.04. The van der Waals surface area contributed by atoms with Crippen LogP contribution in [0.5, 0.6) is 0 Å². The highest BCUT2D eigenvalue weighted by Crippen LogP contribution is 2.29. The van der Waals surface area contributed by atoms with Gasteiger partial charge in [-0.05, 0) is 30.9 Å². The smallest absolute Gasteiger partial charge is 0.285 e. The van der Waals surface area contributed by atoms with Crippen molar-refractivity contribution in [3.05, 3.63) is 77.1 Å². The molecule has 0 spiro atoms. The van der Waals surface area contributed by atoms with Gasteiger partial charge in [0.05, 0.1) is 11.5 Å². The Bertz CT molecular complexity index is 1140. The number of aromatic nitrogens is 3. The molecule has 1 aliphatic heterocycles. The van der Waals surface area contributed by atoms with Crippen molar-refractivity contribution in [1.82, 2.24) is 20.2 Å². The second kappa shape index (κ2) is 10.1. The number of unbranched alkanes of at least 4 members (excludes halogenated alkanes) is 1. The van der Waals surface area contributed by atoms with Gasteiger partial charge in [0.15, 0.2) is 0 Å². The van der Waals surface area contributed by atoms with E-state index in [-0.39, 0.29) is 6.17 Å². The van der Waals surface area contributed by atoms with Crippen LogP contribution in [0.15, 0.2) is 59.6 Å². The lowest BCUT2D eigenvalue weighted by Crippen LogP contribution is -2.57. The van der Waals surface area contributed by atoms with Crippen LogP contribution in [-0.4, -0.2) is 32.3 Å². The minimum atomic E-state index is -0.240. The zero-order valence-electron chi connectivity index (χ0n) is 19.7. The van der Waals surface area contributed by atoms with Gasteiger partial charge >= 0.3 is 5.95 Å². The summed E-state index contributed by atoms with van der Waals surface area (Å²) in [4.78, 5) is 5.58. The molecule has 2 aromatic carbocycles. The SMILES string of the molecule is CCCCN=C1Nc2n(nc(C)[n+]2Cc2ccccc2)C(c2ccc(C)cc2)N1NC(C)=S. The van der Waals surface area contributed by atoms with E-state index >= 15 is 0 Å². The molecule has 33 heavy (non-hydrogen) atoms. The summed E-state index contributed by atoms with van der Waals surface area (Å²) in [6.07, 6.45) is 1.87. The number of hydrogen-bond donors (Lipinski definition) is 2. The normalized spacial score (nSPS) is 16.4. The van der Waals surface area contributed by atoms with Gasteiger partial charge in [-0.25, -0.2) is 19.9 Å². The molecule has 1 atom stereocenters. The quantitative estimate of drug-likeness (QED) is 0.314. The molecule has 1 unspecified atom stereocenters. The Kier molecular flexibility index (Phi) is 7.03. The van der Waals surface area contributed by atoms with Crippen LogP contribution in [0, 0.1) is 13.8 Å². The highest BCUT2D eigenvalue weighted by molar-refractivity contribution is 7.80. The van der Waals surface area contributed by atoms with Crippen molar-refractivity contribution >= 4 is 29.1 Å². The van der Waals surface area contributed by atoms with Gasteiger partial charge in [0.1, 0.15) is 0 Å². The maximum atomic E-state index is 5.43. The highest BCUT2D eigenvalue weighted by atomic mass is 32.1. The van der Waals surface area contributed by atoms with Gasteiger partial charge in [0, 0.05) is 19.0 Å². The van der Waals surface area contributed by atoms with E-state index in [2.05, 4.69) is 77.7 Å². The molecule has 0 saturated carbocycles. The minimum absolute atomic E-state index is 0.240. The first-order valence-corrected chi connectivity index (χ1v) is 11.9. The number of hydrogen-bond acceptors (Lipinski definition) is 3. The second-order valence-electron chi connectivity index (χ2n) is 8.39. The third-order valence-corrected chi connectivity index (χ3v) is 5.75. The topological polar surface area (TPSA) is 61.4 Å². The fraction of sp³-hybridized carbons (Fsp3) is 0.360. The lowest BCUT2D eigenvalue weighted by molar-refractivity contribution is -0.681. The van der Waals surface area contributed by atoms with Crippen molar-refractivity contribution in [2.24, 2.45) is 4.99 Å². The van der Waals surface area contributed by atoms with Crippen LogP contribution in [0.25, 0.3) is 0 Å². The Labute approximate surface area is 201 Å². The first-order chi connectivity index (χ1) is 16.0. The van der Waals surface area contributed by atoms with Crippen molar-refractivity contribution in [3.63, 3.8) is 0 Å². The van der Waals surface area contributed by atoms with E-state index in [0.29, 0.717) is 4.99 Å². The fourth-order valence-electron chi connectivity index (χ4n) is 3.94. The average molecular weight is 463 g/mol. The zero-order valence-corrected chi connectivity index (χ0v) is 20.6. The van der Waals surface area contributed by atoms with E-state index in [4.69, 9.17) is 22.3 Å². The molecule has 0 saturated heterocycles. The van der Waals surface area contributed by atoms with Gasteiger partial charge in [-0.1, -0.05) is 90.4 Å². The largest absolute Gasteiger partial charge is 0.354 e. The number of guanidine groups is 1. The van der Waals surface area contributed by atoms with E-state index in [1.807, 2.05) is 29.6 Å². The number of fused-ring (bicyclic) bond motifs is 1. The molecule has 0 aliphatic carbocycles. The standard InChI is InChI=1S/C25H31N7S/c1-5-6-16-26-24-27-25-30(17-21-10-8-7-9-11-21)19(3)28-32(25)23(31(24)29-20(4)33)22-14-12-18(2)13-15-22/h7-15,23H,5-6,16-17H2,1-4H3,(H,29,33)/p+1. The molecule has 0 bridgehead atoms. The number of nitrogens with zero attached hydrogens (tertiary/aromatic N) is 5. The van der Waals surface area contributed by atoms with Crippen LogP contribution >= 0.6 is 12.2 Å². The summed E-state index contributed by atoms with van der Waals surface area (Å²) < 4.78 is 4.22. The number of hydrazine groups is 1. The molecular weight excluding hydrogens is 430 g/mol. The molecule has 0 fully saturated rings. The predicted molar refractivity (Wildman–Crippen MR) is 136 cm³/mol. The average Bonchev–Trinajstić information content (AvgIpc) is 3.10. The van der Waals surface area contributed by atoms with E-state index in [9.17, 15) is 0 Å². The van der Waals surface area contributed by atoms with Crippen LogP contribution in [0.1, 0.15) is 55.4 Å². The van der Waals surface area contributed by atoms with Gasteiger partial charge in [-0.3, -0.25) is 5.43 Å². The van der Waals surface area contributed by atoms with Gasteiger partial charge in [0.2, 0.25) is 12.0 Å². The molecule has 0 amide bonds. The Hall–Kier alpha value is -3.26. The van der Waals surface area contributed by atoms with Gasteiger partial charge in [-0.2, -0.15) is 0 Å². The monoisotopic (exact) mass is 462 g/mol. The first-order valence-electron chi connectivity index (χ1n) is 11.4.